The number of nitrogens with one attached hydrogen (secondary N) is 1. The summed E-state index contributed by atoms with van der Waals surface area (Å²) in [5.41, 5.74) is 10.7. The van der Waals surface area contributed by atoms with Gasteiger partial charge in [-0.1, -0.05) is 6.07 Å². The average Bonchev–Trinajstić information content (AvgIpc) is 2.97. The van der Waals surface area contributed by atoms with Gasteiger partial charge in [0.15, 0.2) is 0 Å². The van der Waals surface area contributed by atoms with E-state index in [0.717, 1.165) is 21.1 Å². The van der Waals surface area contributed by atoms with Gasteiger partial charge in [0.1, 0.15) is 15.5 Å². The Morgan fingerprint density at radius 2 is 1.93 bits per heavy atom. The molecule has 0 spiro atoms. The van der Waals surface area contributed by atoms with Crippen LogP contribution in [0.25, 0.3) is 21.1 Å². The first-order chi connectivity index (χ1) is 13.0. The fourth-order valence-electron chi connectivity index (χ4n) is 3.02. The second kappa shape index (κ2) is 6.55. The number of aromatic nitrogens is 1. The number of carbonyl (C=O) groups is 1. The molecule has 0 unspecified atom stereocenters. The molecule has 3 N–H and O–H groups in total. The Morgan fingerprint density at radius 3 is 2.70 bits per heavy atom. The number of thiophene rings is 1. The Balaban J connectivity index is 1.76. The number of amides is 1. The van der Waals surface area contributed by atoms with E-state index in [1.807, 2.05) is 24.3 Å². The molecule has 4 aromatic rings. The molecule has 1 amide bonds. The predicted octanol–water partition coefficient (Wildman–Crippen LogP) is 4.91. The summed E-state index contributed by atoms with van der Waals surface area (Å²) in [6.07, 6.45) is 0. The minimum atomic E-state index is -0.250. The summed E-state index contributed by atoms with van der Waals surface area (Å²) in [4.78, 5) is 18.7. The van der Waals surface area contributed by atoms with Gasteiger partial charge in [-0.2, -0.15) is 0 Å². The number of nitrogens with two attached hydrogens (primary N) is 1. The monoisotopic (exact) mass is 377 g/mol. The van der Waals surface area contributed by atoms with Crippen molar-refractivity contribution in [3.05, 3.63) is 58.5 Å². The van der Waals surface area contributed by atoms with Gasteiger partial charge in [0, 0.05) is 22.5 Å². The molecular formula is C21H19N3O2S. The molecule has 6 heteroatoms. The lowest BCUT2D eigenvalue weighted by molar-refractivity contribution is 0.103. The lowest BCUT2D eigenvalue weighted by Crippen LogP contribution is -2.11. The molecule has 136 valence electrons. The molecule has 0 fully saturated rings. The number of hydrogen-bond donors (Lipinski definition) is 2. The Kier molecular flexibility index (Phi) is 4.20. The van der Waals surface area contributed by atoms with E-state index in [0.29, 0.717) is 22.0 Å². The lowest BCUT2D eigenvalue weighted by atomic mass is 10.1. The highest BCUT2D eigenvalue weighted by molar-refractivity contribution is 7.21. The SMILES string of the molecule is COc1cccc(NC(=O)c2sc3nc4cc(C)c(C)cc4cc3c2N)c1. The average molecular weight is 377 g/mol. The number of rotatable bonds is 3. The van der Waals surface area contributed by atoms with Crippen molar-refractivity contribution in [1.82, 2.24) is 4.98 Å². The van der Waals surface area contributed by atoms with E-state index >= 15 is 0 Å². The minimum absolute atomic E-state index is 0.250. The number of benzene rings is 2. The molecule has 2 aromatic heterocycles. The van der Waals surface area contributed by atoms with Crippen molar-refractivity contribution in [3.63, 3.8) is 0 Å². The summed E-state index contributed by atoms with van der Waals surface area (Å²) in [6, 6.07) is 13.4. The van der Waals surface area contributed by atoms with Crippen LogP contribution < -0.4 is 15.8 Å². The maximum Gasteiger partial charge on any atom is 0.267 e. The number of pyridine rings is 1. The third-order valence-corrected chi connectivity index (χ3v) is 5.78. The molecule has 0 radical (unpaired) electrons. The van der Waals surface area contributed by atoms with E-state index < -0.39 is 0 Å². The molecule has 2 heterocycles. The summed E-state index contributed by atoms with van der Waals surface area (Å²) in [6.45, 7) is 4.14. The first kappa shape index (κ1) is 17.3. The van der Waals surface area contributed by atoms with Gasteiger partial charge < -0.3 is 15.8 Å². The second-order valence-electron chi connectivity index (χ2n) is 6.50. The zero-order valence-corrected chi connectivity index (χ0v) is 16.1. The Bertz CT molecular complexity index is 1200. The summed E-state index contributed by atoms with van der Waals surface area (Å²) in [7, 11) is 1.59. The number of nitrogen functional groups attached to an aromatic ring is 1. The van der Waals surface area contributed by atoms with Crippen molar-refractivity contribution in [2.24, 2.45) is 0 Å². The van der Waals surface area contributed by atoms with Gasteiger partial charge in [0.25, 0.3) is 5.91 Å². The Hall–Kier alpha value is -3.12. The van der Waals surface area contributed by atoms with E-state index in [4.69, 9.17) is 15.5 Å². The number of aryl methyl sites for hydroxylation is 2. The number of ether oxygens (including phenoxy) is 1. The summed E-state index contributed by atoms with van der Waals surface area (Å²) in [5.74, 6) is 0.427. The number of hydrogen-bond acceptors (Lipinski definition) is 5. The predicted molar refractivity (Wildman–Crippen MR) is 112 cm³/mol. The lowest BCUT2D eigenvalue weighted by Gasteiger charge is -2.06. The zero-order valence-electron chi connectivity index (χ0n) is 15.3. The van der Waals surface area contributed by atoms with Crippen molar-refractivity contribution in [2.75, 3.05) is 18.2 Å². The van der Waals surface area contributed by atoms with Gasteiger partial charge >= 0.3 is 0 Å². The first-order valence-electron chi connectivity index (χ1n) is 8.51. The molecule has 0 saturated carbocycles. The van der Waals surface area contributed by atoms with Crippen molar-refractivity contribution in [3.8, 4) is 5.75 Å². The number of carbonyl (C=O) groups excluding carboxylic acids is 1. The fraction of sp³-hybridized carbons (Fsp3) is 0.143. The van der Waals surface area contributed by atoms with Crippen LogP contribution in [0.4, 0.5) is 11.4 Å². The van der Waals surface area contributed by atoms with Crippen LogP contribution in [-0.2, 0) is 0 Å². The molecule has 5 nitrogen and oxygen atoms in total. The molecule has 27 heavy (non-hydrogen) atoms. The summed E-state index contributed by atoms with van der Waals surface area (Å²) < 4.78 is 5.19. The quantitative estimate of drug-likeness (QED) is 0.532. The number of methoxy groups -OCH3 is 1. The fourth-order valence-corrected chi connectivity index (χ4v) is 4.00. The van der Waals surface area contributed by atoms with E-state index in [-0.39, 0.29) is 5.91 Å². The highest BCUT2D eigenvalue weighted by Gasteiger charge is 2.18. The Morgan fingerprint density at radius 1 is 1.15 bits per heavy atom. The number of nitrogens with zero attached hydrogens (tertiary/aromatic N) is 1. The largest absolute Gasteiger partial charge is 0.497 e. The zero-order chi connectivity index (χ0) is 19.1. The van der Waals surface area contributed by atoms with E-state index in [1.54, 1.807) is 13.2 Å². The van der Waals surface area contributed by atoms with Crippen LogP contribution in [0.3, 0.4) is 0 Å². The number of anilines is 2. The smallest absolute Gasteiger partial charge is 0.267 e. The highest BCUT2D eigenvalue weighted by atomic mass is 32.1. The number of fused-ring (bicyclic) bond motifs is 2. The van der Waals surface area contributed by atoms with E-state index in [2.05, 4.69) is 31.3 Å². The van der Waals surface area contributed by atoms with Gasteiger partial charge in [-0.3, -0.25) is 4.79 Å². The Labute approximate surface area is 160 Å². The maximum atomic E-state index is 12.8. The topological polar surface area (TPSA) is 77.2 Å². The van der Waals surface area contributed by atoms with Gasteiger partial charge in [-0.05, 0) is 55.3 Å². The molecular weight excluding hydrogens is 358 g/mol. The van der Waals surface area contributed by atoms with Crippen LogP contribution in [0.1, 0.15) is 20.8 Å². The molecule has 0 aliphatic carbocycles. The molecule has 4 rings (SSSR count). The van der Waals surface area contributed by atoms with Crippen molar-refractivity contribution >= 4 is 49.7 Å². The molecule has 0 bridgehead atoms. The molecule has 0 aliphatic heterocycles. The molecule has 2 aromatic carbocycles. The van der Waals surface area contributed by atoms with Crippen LogP contribution >= 0.6 is 11.3 Å². The van der Waals surface area contributed by atoms with Crippen molar-refractivity contribution in [2.45, 2.75) is 13.8 Å². The van der Waals surface area contributed by atoms with Gasteiger partial charge in [0.05, 0.1) is 18.3 Å². The van der Waals surface area contributed by atoms with Gasteiger partial charge in [0.2, 0.25) is 0 Å². The van der Waals surface area contributed by atoms with Crippen molar-refractivity contribution in [1.29, 1.82) is 0 Å². The summed E-state index contributed by atoms with van der Waals surface area (Å²) >= 11 is 1.31. The van der Waals surface area contributed by atoms with Gasteiger partial charge in [-0.15, -0.1) is 11.3 Å². The van der Waals surface area contributed by atoms with Gasteiger partial charge in [-0.25, -0.2) is 4.98 Å². The van der Waals surface area contributed by atoms with E-state index in [1.165, 1.54) is 22.5 Å². The minimum Gasteiger partial charge on any atom is -0.497 e. The van der Waals surface area contributed by atoms with Crippen molar-refractivity contribution < 1.29 is 9.53 Å². The van der Waals surface area contributed by atoms with Crippen LogP contribution in [-0.4, -0.2) is 18.0 Å². The molecule has 0 atom stereocenters. The normalized spacial score (nSPS) is 11.1. The van der Waals surface area contributed by atoms with Crippen LogP contribution in [0.15, 0.2) is 42.5 Å². The standard InChI is InChI=1S/C21H19N3O2S/c1-11-7-13-9-16-18(22)19(27-21(16)24-17(13)8-12(11)2)20(25)23-14-5-4-6-15(10-14)26-3/h4-10H,22H2,1-3H3,(H,23,25). The van der Waals surface area contributed by atoms with Crippen LogP contribution in [0, 0.1) is 13.8 Å². The highest BCUT2D eigenvalue weighted by Crippen LogP contribution is 2.35. The van der Waals surface area contributed by atoms with Crippen LogP contribution in [0.5, 0.6) is 5.75 Å². The third kappa shape index (κ3) is 3.08. The first-order valence-corrected chi connectivity index (χ1v) is 9.33. The van der Waals surface area contributed by atoms with Crippen LogP contribution in [0.2, 0.25) is 0 Å². The molecule has 0 aliphatic rings. The third-order valence-electron chi connectivity index (χ3n) is 4.66. The van der Waals surface area contributed by atoms with E-state index in [9.17, 15) is 4.79 Å². The second-order valence-corrected chi connectivity index (χ2v) is 7.50. The maximum absolute atomic E-state index is 12.8. The molecule has 0 saturated heterocycles. The summed E-state index contributed by atoms with van der Waals surface area (Å²) in [5, 5.41) is 4.71.